The van der Waals surface area contributed by atoms with Crippen LogP contribution in [0.3, 0.4) is 0 Å². The van der Waals surface area contributed by atoms with Gasteiger partial charge in [0, 0.05) is 0 Å². The number of hydrogen-bond acceptors (Lipinski definition) is 0. The lowest BCUT2D eigenvalue weighted by Gasteiger charge is -2.54. The highest BCUT2D eigenvalue weighted by molar-refractivity contribution is 6.05. The van der Waals surface area contributed by atoms with E-state index in [1.54, 1.807) is 0 Å². The van der Waals surface area contributed by atoms with Gasteiger partial charge in [0.05, 0.1) is 7.85 Å². The predicted octanol–water partition coefficient (Wildman–Crippen LogP) is 4.48. The summed E-state index contributed by atoms with van der Waals surface area (Å²) in [6.07, 6.45) is 0. The van der Waals surface area contributed by atoms with E-state index in [1.165, 1.54) is 17.9 Å². The van der Waals surface area contributed by atoms with E-state index in [9.17, 15) is 0 Å². The zero-order valence-corrected chi connectivity index (χ0v) is 11.9. The van der Waals surface area contributed by atoms with Gasteiger partial charge in [0.15, 0.2) is 0 Å². The van der Waals surface area contributed by atoms with E-state index in [1.807, 2.05) is 13.8 Å². The van der Waals surface area contributed by atoms with Crippen LogP contribution in [0.25, 0.3) is 0 Å². The van der Waals surface area contributed by atoms with E-state index in [-0.39, 0.29) is 0 Å². The molecule has 0 atom stereocenters. The summed E-state index contributed by atoms with van der Waals surface area (Å²) in [6.45, 7) is 14.8. The molecule has 1 aliphatic rings. The molecule has 0 heterocycles. The second kappa shape index (κ2) is 5.56. The molecule has 0 amide bonds. The summed E-state index contributed by atoms with van der Waals surface area (Å²) in [5.74, 6) is 0. The first-order valence-electron chi connectivity index (χ1n) is 6.15. The van der Waals surface area contributed by atoms with E-state index in [0.29, 0.717) is 10.8 Å². The Hall–Kier alpha value is -0.715. The fourth-order valence-corrected chi connectivity index (χ4v) is 2.18. The summed E-state index contributed by atoms with van der Waals surface area (Å²) in [5.41, 5.74) is 3.75. The van der Waals surface area contributed by atoms with Gasteiger partial charge in [-0.25, -0.2) is 0 Å². The van der Waals surface area contributed by atoms with Gasteiger partial charge < -0.3 is 0 Å². The van der Waals surface area contributed by atoms with Crippen LogP contribution in [0.5, 0.6) is 0 Å². The van der Waals surface area contributed by atoms with E-state index in [4.69, 9.17) is 0 Å². The van der Waals surface area contributed by atoms with Crippen LogP contribution in [0.1, 0.15) is 52.7 Å². The van der Waals surface area contributed by atoms with Gasteiger partial charge >= 0.3 is 0 Å². The molecular formula is C15H25B. The Labute approximate surface area is 103 Å². The first-order chi connectivity index (χ1) is 7.48. The number of rotatable bonds is 0. The molecular weight excluding hydrogens is 191 g/mol. The molecule has 16 heavy (non-hydrogen) atoms. The van der Waals surface area contributed by atoms with Crippen LogP contribution in [0.15, 0.2) is 24.3 Å². The number of fused-ring (bicyclic) bond motifs is 1. The first kappa shape index (κ1) is 15.3. The summed E-state index contributed by atoms with van der Waals surface area (Å²) in [7, 11) is 4.50. The molecule has 0 bridgehead atoms. The van der Waals surface area contributed by atoms with Crippen molar-refractivity contribution in [3.63, 3.8) is 0 Å². The Kier molecular flexibility index (Phi) is 5.32. The van der Waals surface area contributed by atoms with Crippen molar-refractivity contribution in [1.29, 1.82) is 0 Å². The second-order valence-corrected chi connectivity index (χ2v) is 4.80. The zero-order valence-electron chi connectivity index (χ0n) is 11.9. The molecule has 0 saturated heterocycles. The van der Waals surface area contributed by atoms with Gasteiger partial charge in [0.25, 0.3) is 0 Å². The average Bonchev–Trinajstić information content (AvgIpc) is 2.34. The monoisotopic (exact) mass is 216 g/mol. The maximum absolute atomic E-state index is 4.50. The molecule has 1 heteroatoms. The van der Waals surface area contributed by atoms with E-state index >= 15 is 0 Å². The minimum absolute atomic E-state index is 0.351. The Balaban J connectivity index is 0.000000509. The van der Waals surface area contributed by atoms with Crippen LogP contribution >= 0.6 is 0 Å². The molecule has 2 radical (unpaired) electrons. The molecule has 1 aliphatic carbocycles. The highest BCUT2D eigenvalue weighted by Gasteiger charge is 2.50. The van der Waals surface area contributed by atoms with Crippen molar-refractivity contribution < 1.29 is 0 Å². The van der Waals surface area contributed by atoms with E-state index in [2.05, 4.69) is 59.8 Å². The van der Waals surface area contributed by atoms with Gasteiger partial charge in [-0.2, -0.15) is 0 Å². The maximum Gasteiger partial charge on any atom is 0.0606 e. The summed E-state index contributed by atoms with van der Waals surface area (Å²) < 4.78 is 0. The van der Waals surface area contributed by atoms with Gasteiger partial charge in [-0.1, -0.05) is 72.6 Å². The highest BCUT2D eigenvalue weighted by Crippen LogP contribution is 2.55. The predicted molar refractivity (Wildman–Crippen MR) is 75.5 cm³/mol. The minimum Gasteiger partial charge on any atom is -0.0999 e. The van der Waals surface area contributed by atoms with Gasteiger partial charge in [0.2, 0.25) is 0 Å². The van der Waals surface area contributed by atoms with Gasteiger partial charge in [-0.15, -0.1) is 0 Å². The quantitative estimate of drug-likeness (QED) is 0.560. The van der Waals surface area contributed by atoms with Crippen LogP contribution in [0.4, 0.5) is 0 Å². The van der Waals surface area contributed by atoms with Gasteiger partial charge in [0.1, 0.15) is 0 Å². The average molecular weight is 216 g/mol. The lowest BCUT2D eigenvalue weighted by atomic mass is 9.50. The second-order valence-electron chi connectivity index (χ2n) is 4.80. The van der Waals surface area contributed by atoms with Crippen molar-refractivity contribution in [2.75, 3.05) is 0 Å². The molecule has 88 valence electrons. The van der Waals surface area contributed by atoms with Crippen molar-refractivity contribution in [2.24, 2.45) is 0 Å². The van der Waals surface area contributed by atoms with Crippen LogP contribution in [-0.4, -0.2) is 7.85 Å². The fourth-order valence-electron chi connectivity index (χ4n) is 2.18. The van der Waals surface area contributed by atoms with Crippen molar-refractivity contribution in [1.82, 2.24) is 0 Å². The molecule has 0 aliphatic heterocycles. The topological polar surface area (TPSA) is 0 Å². The minimum atomic E-state index is 0.351. The molecule has 0 aromatic heterocycles. The normalized spacial score (nSPS) is 17.7. The van der Waals surface area contributed by atoms with Crippen LogP contribution < -0.4 is 0 Å². The fraction of sp³-hybridized carbons (Fsp3) is 0.600. The standard InChI is InChI=1S/C12H16.C2H6.CH3B/c1-11(2)9-7-5-6-8-10(9)12(11,3)4;2*1-2/h5-8H,1-4H3;1-2H3;1H3. The van der Waals surface area contributed by atoms with Crippen LogP contribution in [0, 0.1) is 0 Å². The number of benzene rings is 1. The zero-order chi connectivity index (χ0) is 13.0. The molecule has 0 fully saturated rings. The van der Waals surface area contributed by atoms with E-state index < -0.39 is 0 Å². The Morgan fingerprint density at radius 3 is 1.25 bits per heavy atom. The smallest absolute Gasteiger partial charge is 0.0606 e. The molecule has 2 rings (SSSR count). The van der Waals surface area contributed by atoms with E-state index in [0.717, 1.165) is 0 Å². The lowest BCUT2D eigenvalue weighted by Crippen LogP contribution is -2.50. The number of hydrogen-bond donors (Lipinski definition) is 0. The largest absolute Gasteiger partial charge is 0.0999 e. The van der Waals surface area contributed by atoms with Crippen molar-refractivity contribution in [2.45, 2.75) is 59.2 Å². The lowest BCUT2D eigenvalue weighted by molar-refractivity contribution is 0.242. The SMILES string of the molecule is CC.CC1(C)c2ccccc2C1(C)C.[B]C. The molecule has 0 nitrogen and oxygen atoms in total. The third-order valence-electron chi connectivity index (χ3n) is 3.84. The van der Waals surface area contributed by atoms with Gasteiger partial charge in [-0.3, -0.25) is 0 Å². The summed E-state index contributed by atoms with van der Waals surface area (Å²) in [4.78, 5) is 0. The Morgan fingerprint density at radius 1 is 0.750 bits per heavy atom. The molecule has 1 aromatic carbocycles. The summed E-state index contributed by atoms with van der Waals surface area (Å²) in [6, 6.07) is 8.77. The third kappa shape index (κ3) is 2.05. The van der Waals surface area contributed by atoms with Gasteiger partial charge in [-0.05, 0) is 22.0 Å². The highest BCUT2D eigenvalue weighted by atomic mass is 14.5. The summed E-state index contributed by atoms with van der Waals surface area (Å²) in [5, 5.41) is 0. The van der Waals surface area contributed by atoms with Crippen molar-refractivity contribution >= 4 is 7.85 Å². The first-order valence-corrected chi connectivity index (χ1v) is 6.15. The maximum atomic E-state index is 4.50. The van der Waals surface area contributed by atoms with Crippen LogP contribution in [-0.2, 0) is 10.8 Å². The Morgan fingerprint density at radius 2 is 1.00 bits per heavy atom. The molecule has 0 N–H and O–H groups in total. The molecule has 0 unspecified atom stereocenters. The molecule has 0 spiro atoms. The van der Waals surface area contributed by atoms with Crippen molar-refractivity contribution in [3.05, 3.63) is 35.4 Å². The summed E-state index contributed by atoms with van der Waals surface area (Å²) >= 11 is 0. The molecule has 0 saturated carbocycles. The van der Waals surface area contributed by atoms with Crippen LogP contribution in [0.2, 0.25) is 6.82 Å². The molecule has 1 aromatic rings. The third-order valence-corrected chi connectivity index (χ3v) is 3.84. The van der Waals surface area contributed by atoms with Crippen molar-refractivity contribution in [3.8, 4) is 0 Å². The Bertz CT molecular complexity index is 291.